The van der Waals surface area contributed by atoms with E-state index in [4.69, 9.17) is 9.47 Å². The number of hydrogen-bond donors (Lipinski definition) is 1. The summed E-state index contributed by atoms with van der Waals surface area (Å²) < 4.78 is 11.2. The van der Waals surface area contributed by atoms with E-state index in [1.54, 1.807) is 6.26 Å². The second kappa shape index (κ2) is 10.0. The Morgan fingerprint density at radius 3 is 2.56 bits per heavy atom. The Kier molecular flexibility index (Phi) is 6.37. The molecule has 0 aromatic heterocycles. The molecule has 6 nitrogen and oxygen atoms in total. The number of rotatable bonds is 7. The zero-order valence-corrected chi connectivity index (χ0v) is 22.6. The predicted octanol–water partition coefficient (Wildman–Crippen LogP) is 6.62. The molecule has 4 bridgehead atoms. The van der Waals surface area contributed by atoms with E-state index in [1.165, 1.54) is 56.6 Å². The molecule has 39 heavy (non-hydrogen) atoms. The van der Waals surface area contributed by atoms with E-state index in [0.717, 1.165) is 41.8 Å². The van der Waals surface area contributed by atoms with Crippen molar-refractivity contribution in [3.8, 4) is 0 Å². The zero-order valence-electron chi connectivity index (χ0n) is 22.6. The number of amides is 2. The summed E-state index contributed by atoms with van der Waals surface area (Å²) in [6.07, 6.45) is 22.8. The number of benzene rings is 1. The highest BCUT2D eigenvalue weighted by Crippen LogP contribution is 2.61. The summed E-state index contributed by atoms with van der Waals surface area (Å²) in [5.74, 6) is 3.22. The van der Waals surface area contributed by atoms with Gasteiger partial charge in [0.2, 0.25) is 5.91 Å². The van der Waals surface area contributed by atoms with Crippen LogP contribution in [0.5, 0.6) is 0 Å². The van der Waals surface area contributed by atoms with Crippen LogP contribution in [0.25, 0.3) is 0 Å². The van der Waals surface area contributed by atoms with Gasteiger partial charge in [0.15, 0.2) is 5.76 Å². The van der Waals surface area contributed by atoms with E-state index in [-0.39, 0.29) is 23.3 Å². The average molecular weight is 527 g/mol. The van der Waals surface area contributed by atoms with Crippen LogP contribution in [-0.2, 0) is 20.7 Å². The Morgan fingerprint density at radius 1 is 1.08 bits per heavy atom. The third kappa shape index (κ3) is 4.83. The van der Waals surface area contributed by atoms with E-state index in [9.17, 15) is 9.59 Å². The Labute approximate surface area is 230 Å². The van der Waals surface area contributed by atoms with Gasteiger partial charge in [0.1, 0.15) is 18.8 Å². The Morgan fingerprint density at radius 2 is 1.87 bits per heavy atom. The van der Waals surface area contributed by atoms with Gasteiger partial charge in [0, 0.05) is 24.2 Å². The lowest BCUT2D eigenvalue weighted by Gasteiger charge is -2.56. The maximum absolute atomic E-state index is 13.9. The number of hydrogen-bond acceptors (Lipinski definition) is 4. The number of carbonyl (C=O) groups is 2. The van der Waals surface area contributed by atoms with Gasteiger partial charge in [-0.1, -0.05) is 29.9 Å². The molecule has 1 unspecified atom stereocenters. The fourth-order valence-electron chi connectivity index (χ4n) is 8.87. The van der Waals surface area contributed by atoms with Crippen LogP contribution in [0.3, 0.4) is 0 Å². The molecule has 5 aliphatic carbocycles. The number of fused-ring (bicyclic) bond motifs is 1. The maximum Gasteiger partial charge on any atom is 0.254 e. The summed E-state index contributed by atoms with van der Waals surface area (Å²) in [7, 11) is 0. The monoisotopic (exact) mass is 526 g/mol. The summed E-state index contributed by atoms with van der Waals surface area (Å²) in [4.78, 5) is 29.2. The van der Waals surface area contributed by atoms with Gasteiger partial charge in [-0.2, -0.15) is 0 Å². The number of carbonyl (C=O) groups excluding carboxylic acids is 2. The molecule has 2 amide bonds. The number of nitrogens with zero attached hydrogens (tertiary/aromatic N) is 1. The first-order chi connectivity index (χ1) is 19.1. The first kappa shape index (κ1) is 24.7. The Balaban J connectivity index is 1.09. The average Bonchev–Trinajstić information content (AvgIpc) is 2.93. The highest BCUT2D eigenvalue weighted by Gasteiger charge is 2.51. The van der Waals surface area contributed by atoms with Crippen LogP contribution in [0.1, 0.15) is 80.1 Å². The fourth-order valence-corrected chi connectivity index (χ4v) is 8.87. The van der Waals surface area contributed by atoms with Crippen molar-refractivity contribution in [2.75, 3.05) is 11.9 Å². The summed E-state index contributed by atoms with van der Waals surface area (Å²) in [6.45, 7) is 0.561. The molecule has 1 N–H and O–H groups in total. The third-order valence-electron chi connectivity index (χ3n) is 10.0. The maximum atomic E-state index is 13.9. The Hall–Kier alpha value is -3.28. The standard InChI is InChI=1S/C33H38N2O4/c36-31(20-33-17-23-13-24(18-33)15-25(14-23)19-33)34-28-8-4-7-27-26(28)9-10-35(32(27)37)29(30-21-38-11-12-39-30)16-22-5-2-1-3-6-22/h1-2,4-5,7-8,11-12,21,23-25,29H,3,6,9-10,13-20H2,(H,34,36). The molecule has 204 valence electrons. The minimum atomic E-state index is -0.248. The number of allylic oxidation sites excluding steroid dienone is 3. The highest BCUT2D eigenvalue weighted by molar-refractivity contribution is 6.01. The molecule has 0 radical (unpaired) electrons. The van der Waals surface area contributed by atoms with Gasteiger partial charge in [-0.3, -0.25) is 9.59 Å². The highest BCUT2D eigenvalue weighted by atomic mass is 16.5. The summed E-state index contributed by atoms with van der Waals surface area (Å²) in [6, 6.07) is 5.50. The molecule has 7 aliphatic rings. The predicted molar refractivity (Wildman–Crippen MR) is 149 cm³/mol. The van der Waals surface area contributed by atoms with E-state index in [0.29, 0.717) is 37.1 Å². The summed E-state index contributed by atoms with van der Waals surface area (Å²) >= 11 is 0. The van der Waals surface area contributed by atoms with Crippen LogP contribution in [0.15, 0.2) is 66.5 Å². The van der Waals surface area contributed by atoms with E-state index >= 15 is 0 Å². The van der Waals surface area contributed by atoms with Gasteiger partial charge in [-0.05, 0) is 105 Å². The van der Waals surface area contributed by atoms with Crippen LogP contribution in [0.2, 0.25) is 0 Å². The molecule has 1 aromatic carbocycles. The third-order valence-corrected chi connectivity index (χ3v) is 10.0. The molecule has 4 saturated carbocycles. The molecule has 4 fully saturated rings. The number of ether oxygens (including phenoxy) is 2. The molecule has 1 aromatic rings. The van der Waals surface area contributed by atoms with Crippen molar-refractivity contribution in [3.05, 3.63) is 77.7 Å². The molecule has 2 aliphatic heterocycles. The van der Waals surface area contributed by atoms with E-state index in [1.807, 2.05) is 23.1 Å². The van der Waals surface area contributed by atoms with Gasteiger partial charge in [0.05, 0.1) is 6.04 Å². The molecule has 0 spiro atoms. The SMILES string of the molecule is O=C(CC12CC3CC(CC(C3)C1)C2)Nc1cccc2c1CCN(C(CC1=CC=CCC1)C1=COC=CO1)C2=O. The number of anilines is 1. The first-order valence-electron chi connectivity index (χ1n) is 14.8. The van der Waals surface area contributed by atoms with Crippen LogP contribution in [-0.4, -0.2) is 29.3 Å². The van der Waals surface area contributed by atoms with Crippen LogP contribution >= 0.6 is 0 Å². The molecule has 2 heterocycles. The molecule has 8 rings (SSSR count). The first-order valence-corrected chi connectivity index (χ1v) is 14.8. The van der Waals surface area contributed by atoms with Crippen LogP contribution in [0.4, 0.5) is 5.69 Å². The summed E-state index contributed by atoms with van der Waals surface area (Å²) in [5.41, 5.74) is 3.91. The Bertz CT molecular complexity index is 1250. The second-order valence-electron chi connectivity index (χ2n) is 12.8. The van der Waals surface area contributed by atoms with Crippen molar-refractivity contribution in [1.29, 1.82) is 0 Å². The van der Waals surface area contributed by atoms with Crippen LogP contribution in [0, 0.1) is 23.2 Å². The molecular formula is C33H38N2O4. The lowest BCUT2D eigenvalue weighted by atomic mass is 9.49. The lowest BCUT2D eigenvalue weighted by molar-refractivity contribution is -0.124. The molecule has 0 saturated heterocycles. The van der Waals surface area contributed by atoms with Crippen molar-refractivity contribution in [2.24, 2.45) is 23.2 Å². The molecule has 1 atom stereocenters. The van der Waals surface area contributed by atoms with Crippen molar-refractivity contribution in [3.63, 3.8) is 0 Å². The summed E-state index contributed by atoms with van der Waals surface area (Å²) in [5, 5.41) is 3.25. The minimum absolute atomic E-state index is 0.0237. The van der Waals surface area contributed by atoms with Crippen molar-refractivity contribution in [2.45, 2.75) is 76.7 Å². The fraction of sp³-hybridized carbons (Fsp3) is 0.515. The van der Waals surface area contributed by atoms with Crippen molar-refractivity contribution >= 4 is 17.5 Å². The van der Waals surface area contributed by atoms with Gasteiger partial charge >= 0.3 is 0 Å². The van der Waals surface area contributed by atoms with Gasteiger partial charge < -0.3 is 19.7 Å². The molecule has 6 heteroatoms. The van der Waals surface area contributed by atoms with Crippen molar-refractivity contribution in [1.82, 2.24) is 4.90 Å². The van der Waals surface area contributed by atoms with E-state index < -0.39 is 0 Å². The lowest BCUT2D eigenvalue weighted by Crippen LogP contribution is -2.47. The van der Waals surface area contributed by atoms with Crippen molar-refractivity contribution < 1.29 is 19.1 Å². The smallest absolute Gasteiger partial charge is 0.254 e. The normalized spacial score (nSPS) is 31.1. The zero-order chi connectivity index (χ0) is 26.4. The largest absolute Gasteiger partial charge is 0.466 e. The van der Waals surface area contributed by atoms with Crippen LogP contribution < -0.4 is 5.32 Å². The molecular weight excluding hydrogens is 488 g/mol. The van der Waals surface area contributed by atoms with E-state index in [2.05, 4.69) is 23.5 Å². The minimum Gasteiger partial charge on any atom is -0.466 e. The van der Waals surface area contributed by atoms with Gasteiger partial charge in [0.25, 0.3) is 5.91 Å². The second-order valence-corrected chi connectivity index (χ2v) is 12.8. The van der Waals surface area contributed by atoms with Gasteiger partial charge in [-0.25, -0.2) is 0 Å². The number of nitrogens with one attached hydrogen (secondary N) is 1. The van der Waals surface area contributed by atoms with Gasteiger partial charge in [-0.15, -0.1) is 0 Å². The quantitative estimate of drug-likeness (QED) is 0.433. The topological polar surface area (TPSA) is 67.9 Å².